The first kappa shape index (κ1) is 24.3. The average molecular weight is 494 g/mol. The fourth-order valence-corrected chi connectivity index (χ4v) is 5.56. The van der Waals surface area contributed by atoms with E-state index in [4.69, 9.17) is 16.9 Å². The Morgan fingerprint density at radius 2 is 1.91 bits per heavy atom. The molecule has 8 heteroatoms. The third-order valence-electron chi connectivity index (χ3n) is 6.16. The van der Waals surface area contributed by atoms with Crippen molar-refractivity contribution < 1.29 is 4.79 Å². The van der Waals surface area contributed by atoms with Crippen LogP contribution in [0.25, 0.3) is 11.4 Å². The molecular formula is C26H28ClN5OS. The van der Waals surface area contributed by atoms with Crippen LogP contribution in [0.1, 0.15) is 50.6 Å². The molecule has 1 aliphatic rings. The smallest absolute Gasteiger partial charge is 0.240 e. The maximum Gasteiger partial charge on any atom is 0.240 e. The molecule has 3 aromatic rings. The van der Waals surface area contributed by atoms with Crippen LogP contribution >= 0.6 is 23.4 Å². The van der Waals surface area contributed by atoms with E-state index in [-0.39, 0.29) is 18.4 Å². The van der Waals surface area contributed by atoms with Crippen LogP contribution in [0.4, 0.5) is 5.69 Å². The Labute approximate surface area is 209 Å². The standard InChI is InChI=1S/C26H28ClN5OS/c1-18-12-14-20(15-13-18)31(17-7-16-28)25(33)19(2)34-26-30-29-24(22-10-5-6-11-23(22)27)32(26)21-8-3-4-9-21/h5-6,10-15,19,21H,3-4,7-9,17H2,1-2H3. The first-order valence-electron chi connectivity index (χ1n) is 11.6. The molecule has 1 saturated carbocycles. The molecule has 2 aromatic carbocycles. The molecule has 0 saturated heterocycles. The summed E-state index contributed by atoms with van der Waals surface area (Å²) in [6, 6.07) is 17.9. The van der Waals surface area contributed by atoms with Gasteiger partial charge in [-0.3, -0.25) is 9.36 Å². The van der Waals surface area contributed by atoms with Gasteiger partial charge in [0.05, 0.1) is 22.8 Å². The van der Waals surface area contributed by atoms with Gasteiger partial charge in [-0.05, 0) is 51.0 Å². The van der Waals surface area contributed by atoms with Crippen molar-refractivity contribution in [1.82, 2.24) is 14.8 Å². The summed E-state index contributed by atoms with van der Waals surface area (Å²) in [6.07, 6.45) is 4.72. The van der Waals surface area contributed by atoms with Gasteiger partial charge in [-0.25, -0.2) is 0 Å². The lowest BCUT2D eigenvalue weighted by Gasteiger charge is -2.25. The molecule has 4 rings (SSSR count). The highest BCUT2D eigenvalue weighted by atomic mass is 35.5. The van der Waals surface area contributed by atoms with E-state index in [1.54, 1.807) is 4.90 Å². The van der Waals surface area contributed by atoms with Gasteiger partial charge in [0.15, 0.2) is 11.0 Å². The fourth-order valence-electron chi connectivity index (χ4n) is 4.36. The molecular weight excluding hydrogens is 466 g/mol. The third-order valence-corrected chi connectivity index (χ3v) is 7.53. The Morgan fingerprint density at radius 1 is 1.21 bits per heavy atom. The first-order valence-corrected chi connectivity index (χ1v) is 12.9. The minimum atomic E-state index is -0.400. The van der Waals surface area contributed by atoms with Crippen molar-refractivity contribution in [2.75, 3.05) is 11.4 Å². The highest BCUT2D eigenvalue weighted by molar-refractivity contribution is 8.00. The summed E-state index contributed by atoms with van der Waals surface area (Å²) in [4.78, 5) is 15.2. The summed E-state index contributed by atoms with van der Waals surface area (Å²) in [6.45, 7) is 4.25. The van der Waals surface area contributed by atoms with Crippen LogP contribution in [0.15, 0.2) is 53.7 Å². The molecule has 1 aromatic heterocycles. The molecule has 1 atom stereocenters. The van der Waals surface area contributed by atoms with Gasteiger partial charge in [0.2, 0.25) is 5.91 Å². The van der Waals surface area contributed by atoms with Crippen LogP contribution in [0.3, 0.4) is 0 Å². The number of aryl methyl sites for hydroxylation is 1. The fraction of sp³-hybridized carbons (Fsp3) is 0.385. The second-order valence-electron chi connectivity index (χ2n) is 8.59. The van der Waals surface area contributed by atoms with E-state index in [1.165, 1.54) is 24.6 Å². The number of hydrogen-bond donors (Lipinski definition) is 0. The average Bonchev–Trinajstić information content (AvgIpc) is 3.50. The van der Waals surface area contributed by atoms with E-state index in [9.17, 15) is 4.79 Å². The van der Waals surface area contributed by atoms with Gasteiger partial charge >= 0.3 is 0 Å². The van der Waals surface area contributed by atoms with Gasteiger partial charge in [0.1, 0.15) is 0 Å². The van der Waals surface area contributed by atoms with Gasteiger partial charge in [-0.1, -0.05) is 66.0 Å². The van der Waals surface area contributed by atoms with E-state index in [1.807, 2.05) is 62.4 Å². The zero-order valence-corrected chi connectivity index (χ0v) is 21.0. The van der Waals surface area contributed by atoms with Crippen molar-refractivity contribution in [1.29, 1.82) is 5.26 Å². The number of nitrogens with zero attached hydrogens (tertiary/aromatic N) is 5. The summed E-state index contributed by atoms with van der Waals surface area (Å²) >= 11 is 7.92. The third kappa shape index (κ3) is 5.29. The predicted octanol–water partition coefficient (Wildman–Crippen LogP) is 6.45. The number of halogens is 1. The summed E-state index contributed by atoms with van der Waals surface area (Å²) in [7, 11) is 0. The molecule has 34 heavy (non-hydrogen) atoms. The van der Waals surface area contributed by atoms with E-state index < -0.39 is 5.25 Å². The van der Waals surface area contributed by atoms with E-state index in [0.29, 0.717) is 11.6 Å². The second-order valence-corrected chi connectivity index (χ2v) is 10.3. The highest BCUT2D eigenvalue weighted by Crippen LogP contribution is 2.39. The van der Waals surface area contributed by atoms with Gasteiger partial charge in [-0.2, -0.15) is 5.26 Å². The molecule has 0 spiro atoms. The second kappa shape index (κ2) is 11.1. The minimum absolute atomic E-state index is 0.0515. The summed E-state index contributed by atoms with van der Waals surface area (Å²) in [5.74, 6) is 0.698. The van der Waals surface area contributed by atoms with Crippen molar-refractivity contribution in [2.45, 2.75) is 62.4 Å². The van der Waals surface area contributed by atoms with Gasteiger partial charge in [0, 0.05) is 23.8 Å². The number of hydrogen-bond acceptors (Lipinski definition) is 5. The molecule has 0 radical (unpaired) electrons. The van der Waals surface area contributed by atoms with Gasteiger partial charge in [-0.15, -0.1) is 10.2 Å². The summed E-state index contributed by atoms with van der Waals surface area (Å²) in [5, 5.41) is 19.1. The number of benzene rings is 2. The Kier molecular flexibility index (Phi) is 7.91. The Morgan fingerprint density at radius 3 is 2.59 bits per heavy atom. The number of anilines is 1. The molecule has 176 valence electrons. The highest BCUT2D eigenvalue weighted by Gasteiger charge is 2.29. The zero-order valence-electron chi connectivity index (χ0n) is 19.4. The topological polar surface area (TPSA) is 74.8 Å². The largest absolute Gasteiger partial charge is 0.310 e. The lowest BCUT2D eigenvalue weighted by molar-refractivity contribution is -0.117. The van der Waals surface area contributed by atoms with E-state index in [2.05, 4.69) is 20.8 Å². The molecule has 1 heterocycles. The molecule has 1 aliphatic carbocycles. The summed E-state index contributed by atoms with van der Waals surface area (Å²) < 4.78 is 2.17. The number of rotatable bonds is 8. The molecule has 0 aliphatic heterocycles. The zero-order chi connectivity index (χ0) is 24.1. The Balaban J connectivity index is 1.63. The lowest BCUT2D eigenvalue weighted by Crippen LogP contribution is -2.37. The SMILES string of the molecule is Cc1ccc(N(CCC#N)C(=O)C(C)Sc2nnc(-c3ccccc3Cl)n2C2CCCC2)cc1. The van der Waals surface area contributed by atoms with Crippen molar-refractivity contribution >= 4 is 35.0 Å². The predicted molar refractivity (Wildman–Crippen MR) is 137 cm³/mol. The van der Waals surface area contributed by atoms with Crippen LogP contribution in [0.5, 0.6) is 0 Å². The molecule has 1 unspecified atom stereocenters. The maximum absolute atomic E-state index is 13.5. The number of thioether (sulfide) groups is 1. The van der Waals surface area contributed by atoms with Crippen molar-refractivity contribution in [2.24, 2.45) is 0 Å². The van der Waals surface area contributed by atoms with Crippen LogP contribution < -0.4 is 4.90 Å². The molecule has 1 amide bonds. The maximum atomic E-state index is 13.5. The quantitative estimate of drug-likeness (QED) is 0.337. The molecule has 0 N–H and O–H groups in total. The van der Waals surface area contributed by atoms with Crippen molar-refractivity contribution in [3.8, 4) is 17.5 Å². The first-order chi connectivity index (χ1) is 16.5. The van der Waals surface area contributed by atoms with Crippen LogP contribution in [-0.2, 0) is 4.79 Å². The van der Waals surface area contributed by atoms with Crippen molar-refractivity contribution in [3.05, 3.63) is 59.1 Å². The number of carbonyl (C=O) groups excluding carboxylic acids is 1. The number of amides is 1. The van der Waals surface area contributed by atoms with Gasteiger partial charge in [0.25, 0.3) is 0 Å². The Bertz CT molecular complexity index is 1180. The molecule has 6 nitrogen and oxygen atoms in total. The number of nitriles is 1. The normalized spacial score (nSPS) is 14.6. The number of aromatic nitrogens is 3. The van der Waals surface area contributed by atoms with E-state index >= 15 is 0 Å². The van der Waals surface area contributed by atoms with Crippen LogP contribution in [0, 0.1) is 18.3 Å². The van der Waals surface area contributed by atoms with E-state index in [0.717, 1.165) is 40.6 Å². The van der Waals surface area contributed by atoms with Crippen molar-refractivity contribution in [3.63, 3.8) is 0 Å². The van der Waals surface area contributed by atoms with Gasteiger partial charge < -0.3 is 4.90 Å². The minimum Gasteiger partial charge on any atom is -0.310 e. The van der Waals surface area contributed by atoms with Crippen LogP contribution in [-0.4, -0.2) is 32.5 Å². The monoisotopic (exact) mass is 493 g/mol. The summed E-state index contributed by atoms with van der Waals surface area (Å²) in [5.41, 5.74) is 2.77. The Hall–Kier alpha value is -2.82. The number of carbonyl (C=O) groups is 1. The molecule has 0 bridgehead atoms. The lowest BCUT2D eigenvalue weighted by atomic mass is 10.2. The molecule has 1 fully saturated rings. The van der Waals surface area contributed by atoms with Crippen LogP contribution in [0.2, 0.25) is 5.02 Å².